The van der Waals surface area contributed by atoms with Crippen LogP contribution in [0.1, 0.15) is 28.8 Å². The van der Waals surface area contributed by atoms with Crippen molar-refractivity contribution in [3.05, 3.63) is 77.9 Å². The number of carboxylic acid groups (broad SMARTS) is 1. The zero-order valence-corrected chi connectivity index (χ0v) is 14.4. The van der Waals surface area contributed by atoms with Crippen molar-refractivity contribution in [1.29, 1.82) is 0 Å². The van der Waals surface area contributed by atoms with Gasteiger partial charge in [0.1, 0.15) is 18.4 Å². The van der Waals surface area contributed by atoms with E-state index in [0.717, 1.165) is 11.1 Å². The van der Waals surface area contributed by atoms with Crippen LogP contribution in [0.25, 0.3) is 0 Å². The summed E-state index contributed by atoms with van der Waals surface area (Å²) in [5.41, 5.74) is 5.49. The van der Waals surface area contributed by atoms with Gasteiger partial charge in [-0.2, -0.15) is 5.48 Å². The second kappa shape index (κ2) is 8.62. The lowest BCUT2D eigenvalue weighted by molar-refractivity contribution is -0.140. The molecule has 3 N–H and O–H groups in total. The first-order valence-electron chi connectivity index (χ1n) is 8.44. The van der Waals surface area contributed by atoms with Crippen LogP contribution in [0.15, 0.2) is 61.2 Å². The molecule has 0 spiro atoms. The summed E-state index contributed by atoms with van der Waals surface area (Å²) in [5.74, 6) is -0.268. The van der Waals surface area contributed by atoms with E-state index >= 15 is 0 Å². The van der Waals surface area contributed by atoms with E-state index in [1.54, 1.807) is 12.1 Å². The molecule has 1 aliphatic rings. The van der Waals surface area contributed by atoms with Gasteiger partial charge in [0, 0.05) is 12.1 Å². The van der Waals surface area contributed by atoms with Gasteiger partial charge in [0.15, 0.2) is 0 Å². The van der Waals surface area contributed by atoms with Crippen molar-refractivity contribution in [3.8, 4) is 5.75 Å². The maximum atomic E-state index is 11.6. The Bertz CT molecular complexity index is 764. The molecule has 0 radical (unpaired) electrons. The first-order valence-corrected chi connectivity index (χ1v) is 8.44. The summed E-state index contributed by atoms with van der Waals surface area (Å²) in [6, 6.07) is 14.3. The summed E-state index contributed by atoms with van der Waals surface area (Å²) in [4.78, 5) is 17.0. The second-order valence-corrected chi connectivity index (χ2v) is 5.98. The Hall–Kier alpha value is -2.67. The van der Waals surface area contributed by atoms with Crippen LogP contribution in [0.5, 0.6) is 5.75 Å². The number of nitrogens with one attached hydrogen (secondary N) is 2. The first-order chi connectivity index (χ1) is 12.7. The molecule has 6 heteroatoms. The summed E-state index contributed by atoms with van der Waals surface area (Å²) in [6.45, 7) is 4.78. The van der Waals surface area contributed by atoms with E-state index < -0.39 is 12.0 Å². The number of carboxylic acids is 1. The highest BCUT2D eigenvalue weighted by molar-refractivity contribution is 5.77. The van der Waals surface area contributed by atoms with Crippen LogP contribution in [0.2, 0.25) is 0 Å². The Morgan fingerprint density at radius 2 is 2.08 bits per heavy atom. The second-order valence-electron chi connectivity index (χ2n) is 5.98. The van der Waals surface area contributed by atoms with Gasteiger partial charge in [-0.15, -0.1) is 6.58 Å². The van der Waals surface area contributed by atoms with Gasteiger partial charge >= 0.3 is 5.97 Å². The normalized spacial score (nSPS) is 18.8. The molecule has 1 aliphatic heterocycles. The Labute approximate surface area is 152 Å². The van der Waals surface area contributed by atoms with Crippen molar-refractivity contribution in [2.75, 3.05) is 13.2 Å². The minimum atomic E-state index is -0.920. The van der Waals surface area contributed by atoms with Crippen LogP contribution in [-0.2, 0) is 16.2 Å². The molecule has 0 aliphatic carbocycles. The number of hydroxylamine groups is 1. The maximum absolute atomic E-state index is 11.6. The van der Waals surface area contributed by atoms with E-state index in [2.05, 4.69) is 17.4 Å². The van der Waals surface area contributed by atoms with Crippen LogP contribution >= 0.6 is 0 Å². The molecule has 2 aromatic rings. The van der Waals surface area contributed by atoms with Crippen LogP contribution in [-0.4, -0.2) is 24.2 Å². The largest absolute Gasteiger partial charge is 0.489 e. The molecule has 0 amide bonds. The highest BCUT2D eigenvalue weighted by atomic mass is 16.6. The Morgan fingerprint density at radius 3 is 2.81 bits per heavy atom. The number of ether oxygens (including phenoxy) is 1. The predicted molar refractivity (Wildman–Crippen MR) is 97.6 cm³/mol. The number of rotatable bonds is 8. The minimum Gasteiger partial charge on any atom is -0.489 e. The van der Waals surface area contributed by atoms with Gasteiger partial charge in [0.2, 0.25) is 0 Å². The fourth-order valence-electron chi connectivity index (χ4n) is 3.02. The summed E-state index contributed by atoms with van der Waals surface area (Å²) in [6.07, 6.45) is 1.64. The fourth-order valence-corrected chi connectivity index (χ4v) is 3.02. The standard InChI is InChI=1S/C20H22N2O4/c1-2-11-26-22-16-12-21-19(20(23)24)15-9-6-10-17(18(15)16)25-13-14-7-4-3-5-8-14/h2-10,16,19,21-22H,1,11-13H2,(H,23,24). The third-order valence-electron chi connectivity index (χ3n) is 4.20. The average Bonchev–Trinajstić information content (AvgIpc) is 2.67. The monoisotopic (exact) mass is 354 g/mol. The fraction of sp³-hybridized carbons (Fsp3) is 0.250. The number of aliphatic carboxylic acids is 1. The maximum Gasteiger partial charge on any atom is 0.325 e. The van der Waals surface area contributed by atoms with E-state index in [-0.39, 0.29) is 6.04 Å². The van der Waals surface area contributed by atoms with Gasteiger partial charge < -0.3 is 9.84 Å². The van der Waals surface area contributed by atoms with Crippen molar-refractivity contribution in [2.24, 2.45) is 0 Å². The van der Waals surface area contributed by atoms with Crippen molar-refractivity contribution in [3.63, 3.8) is 0 Å². The Morgan fingerprint density at radius 1 is 1.27 bits per heavy atom. The molecule has 2 aromatic carbocycles. The minimum absolute atomic E-state index is 0.229. The molecule has 0 saturated heterocycles. The highest BCUT2D eigenvalue weighted by Gasteiger charge is 2.33. The summed E-state index contributed by atoms with van der Waals surface area (Å²) < 4.78 is 6.02. The van der Waals surface area contributed by atoms with Crippen LogP contribution < -0.4 is 15.5 Å². The van der Waals surface area contributed by atoms with Gasteiger partial charge in [-0.3, -0.25) is 14.9 Å². The van der Waals surface area contributed by atoms with Gasteiger partial charge in [0.25, 0.3) is 0 Å². The smallest absolute Gasteiger partial charge is 0.325 e. The molecule has 3 rings (SSSR count). The van der Waals surface area contributed by atoms with E-state index in [1.807, 2.05) is 42.5 Å². The lowest BCUT2D eigenvalue weighted by Gasteiger charge is -2.32. The van der Waals surface area contributed by atoms with Crippen LogP contribution in [0.4, 0.5) is 0 Å². The lowest BCUT2D eigenvalue weighted by atomic mass is 9.90. The topological polar surface area (TPSA) is 79.8 Å². The van der Waals surface area contributed by atoms with Crippen molar-refractivity contribution in [1.82, 2.24) is 10.8 Å². The molecule has 0 aromatic heterocycles. The summed E-state index contributed by atoms with van der Waals surface area (Å²) in [7, 11) is 0. The van der Waals surface area contributed by atoms with Crippen molar-refractivity contribution >= 4 is 5.97 Å². The van der Waals surface area contributed by atoms with E-state index in [9.17, 15) is 9.90 Å². The van der Waals surface area contributed by atoms with Gasteiger partial charge in [-0.1, -0.05) is 48.5 Å². The zero-order valence-electron chi connectivity index (χ0n) is 14.4. The third kappa shape index (κ3) is 4.11. The molecule has 1 heterocycles. The number of hydrogen-bond acceptors (Lipinski definition) is 5. The number of fused-ring (bicyclic) bond motifs is 1. The molecule has 0 bridgehead atoms. The molecule has 136 valence electrons. The number of carbonyl (C=O) groups is 1. The van der Waals surface area contributed by atoms with Crippen LogP contribution in [0.3, 0.4) is 0 Å². The number of hydrogen-bond donors (Lipinski definition) is 3. The van der Waals surface area contributed by atoms with E-state index in [1.165, 1.54) is 0 Å². The predicted octanol–water partition coefficient (Wildman–Crippen LogP) is 2.74. The van der Waals surface area contributed by atoms with Crippen molar-refractivity contribution < 1.29 is 19.5 Å². The lowest BCUT2D eigenvalue weighted by Crippen LogP contribution is -2.42. The molecule has 0 saturated carbocycles. The molecule has 2 atom stereocenters. The Kier molecular flexibility index (Phi) is 6.01. The van der Waals surface area contributed by atoms with Gasteiger partial charge in [-0.05, 0) is 17.2 Å². The van der Waals surface area contributed by atoms with Crippen molar-refractivity contribution in [2.45, 2.75) is 18.7 Å². The summed E-state index contributed by atoms with van der Waals surface area (Å²) >= 11 is 0. The molecular weight excluding hydrogens is 332 g/mol. The Balaban J connectivity index is 1.88. The molecular formula is C20H22N2O4. The van der Waals surface area contributed by atoms with E-state index in [0.29, 0.717) is 31.1 Å². The quantitative estimate of drug-likeness (QED) is 0.384. The SMILES string of the molecule is C=CCONC1CNC(C(=O)O)c2cccc(OCc3ccccc3)c21. The highest BCUT2D eigenvalue weighted by Crippen LogP contribution is 2.36. The zero-order chi connectivity index (χ0) is 18.4. The van der Waals surface area contributed by atoms with Crippen LogP contribution in [0, 0.1) is 0 Å². The van der Waals surface area contributed by atoms with Gasteiger partial charge in [0.05, 0.1) is 12.6 Å². The van der Waals surface area contributed by atoms with E-state index in [4.69, 9.17) is 9.57 Å². The molecule has 2 unspecified atom stereocenters. The number of benzene rings is 2. The first kappa shape index (κ1) is 18.1. The molecule has 6 nitrogen and oxygen atoms in total. The molecule has 0 fully saturated rings. The third-order valence-corrected chi connectivity index (χ3v) is 4.20. The average molecular weight is 354 g/mol. The van der Waals surface area contributed by atoms with Gasteiger partial charge in [-0.25, -0.2) is 0 Å². The summed E-state index contributed by atoms with van der Waals surface area (Å²) in [5, 5.41) is 12.5. The molecule has 26 heavy (non-hydrogen) atoms.